The summed E-state index contributed by atoms with van der Waals surface area (Å²) in [4.78, 5) is 12.9. The van der Waals surface area contributed by atoms with Crippen molar-refractivity contribution in [1.29, 1.82) is 5.26 Å². The van der Waals surface area contributed by atoms with Gasteiger partial charge < -0.3 is 0 Å². The minimum atomic E-state index is -2.94. The lowest BCUT2D eigenvalue weighted by atomic mass is 10.1. The topological polar surface area (TPSA) is 79.8 Å². The van der Waals surface area contributed by atoms with Gasteiger partial charge in [0.05, 0.1) is 28.0 Å². The zero-order valence-electron chi connectivity index (χ0n) is 7.65. The van der Waals surface area contributed by atoms with Crippen LogP contribution in [0.2, 0.25) is 5.02 Å². The van der Waals surface area contributed by atoms with E-state index in [0.717, 1.165) is 0 Å². The molecule has 0 saturated carbocycles. The summed E-state index contributed by atoms with van der Waals surface area (Å²) in [7, 11) is 0. The zero-order valence-corrected chi connectivity index (χ0v) is 8.41. The number of nitro groups is 1. The summed E-state index contributed by atoms with van der Waals surface area (Å²) in [5.41, 5.74) is -1.52. The van der Waals surface area contributed by atoms with E-state index < -0.39 is 34.2 Å². The highest BCUT2D eigenvalue weighted by atomic mass is 35.5. The Labute approximate surface area is 93.4 Å². The van der Waals surface area contributed by atoms with Gasteiger partial charge in [0.1, 0.15) is 11.9 Å². The van der Waals surface area contributed by atoms with Crippen molar-refractivity contribution in [2.24, 2.45) is 0 Å². The Morgan fingerprint density at radius 3 is 2.75 bits per heavy atom. The molecule has 16 heavy (non-hydrogen) atoms. The van der Waals surface area contributed by atoms with Gasteiger partial charge in [0.15, 0.2) is 0 Å². The van der Waals surface area contributed by atoms with Crippen molar-refractivity contribution < 1.29 is 13.7 Å². The van der Waals surface area contributed by atoms with E-state index in [1.54, 1.807) is 6.07 Å². The van der Waals surface area contributed by atoms with Crippen LogP contribution < -0.4 is 0 Å². The third-order valence-electron chi connectivity index (χ3n) is 1.78. The Bertz CT molecular complexity index is 473. The largest absolute Gasteiger partial charge is 0.293 e. The van der Waals surface area contributed by atoms with E-state index in [-0.39, 0.29) is 5.56 Å². The second-order valence-corrected chi connectivity index (χ2v) is 3.09. The summed E-state index contributed by atoms with van der Waals surface area (Å²) < 4.78 is 24.8. The molecule has 0 spiro atoms. The molecule has 1 aromatic rings. The summed E-state index contributed by atoms with van der Waals surface area (Å²) >= 11 is 5.53. The van der Waals surface area contributed by atoms with Gasteiger partial charge in [-0.25, -0.2) is 13.8 Å². The number of halogens is 3. The normalized spacial score (nSPS) is 10.2. The molecule has 1 rings (SSSR count). The van der Waals surface area contributed by atoms with Gasteiger partial charge in [0, 0.05) is 0 Å². The highest BCUT2D eigenvalue weighted by molar-refractivity contribution is 6.32. The van der Waals surface area contributed by atoms with E-state index in [0.29, 0.717) is 6.20 Å². The summed E-state index contributed by atoms with van der Waals surface area (Å²) in [5.74, 6) is 0. The maximum atomic E-state index is 12.4. The molecular weight excluding hydrogens is 244 g/mol. The molecule has 0 amide bonds. The van der Waals surface area contributed by atoms with Gasteiger partial charge in [0.25, 0.3) is 12.1 Å². The molecule has 0 radical (unpaired) electrons. The molecule has 1 heterocycles. The van der Waals surface area contributed by atoms with Crippen LogP contribution in [-0.4, -0.2) is 9.91 Å². The molecule has 0 aliphatic heterocycles. The molecule has 0 aromatic carbocycles. The minimum Gasteiger partial charge on any atom is -0.258 e. The second kappa shape index (κ2) is 4.81. The Balaban J connectivity index is 3.42. The summed E-state index contributed by atoms with van der Waals surface area (Å²) in [6.45, 7) is 0. The van der Waals surface area contributed by atoms with Crippen LogP contribution in [0.25, 0.3) is 0 Å². The van der Waals surface area contributed by atoms with Crippen molar-refractivity contribution >= 4 is 17.3 Å². The smallest absolute Gasteiger partial charge is 0.258 e. The lowest BCUT2D eigenvalue weighted by Crippen LogP contribution is -2.02. The first-order valence-corrected chi connectivity index (χ1v) is 4.33. The Hall–Kier alpha value is -1.81. The lowest BCUT2D eigenvalue weighted by molar-refractivity contribution is -0.385. The van der Waals surface area contributed by atoms with Crippen LogP contribution in [0.15, 0.2) is 6.20 Å². The van der Waals surface area contributed by atoms with Crippen LogP contribution in [0.3, 0.4) is 0 Å². The fraction of sp³-hybridized carbons (Fsp3) is 0.250. The molecule has 1 aromatic heterocycles. The minimum absolute atomic E-state index is 0.237. The average Bonchev–Trinajstić information content (AvgIpc) is 2.20. The number of nitrogens with zero attached hydrogens (tertiary/aromatic N) is 3. The van der Waals surface area contributed by atoms with Gasteiger partial charge in [-0.2, -0.15) is 5.26 Å². The van der Waals surface area contributed by atoms with Gasteiger partial charge in [0.2, 0.25) is 0 Å². The Morgan fingerprint density at radius 2 is 2.31 bits per heavy atom. The first kappa shape index (κ1) is 12.3. The van der Waals surface area contributed by atoms with Crippen molar-refractivity contribution in [1.82, 2.24) is 4.98 Å². The van der Waals surface area contributed by atoms with Crippen LogP contribution in [0.5, 0.6) is 0 Å². The van der Waals surface area contributed by atoms with Crippen molar-refractivity contribution in [3.05, 3.63) is 32.6 Å². The third kappa shape index (κ3) is 2.23. The van der Waals surface area contributed by atoms with Crippen LogP contribution in [-0.2, 0) is 6.42 Å². The lowest BCUT2D eigenvalue weighted by Gasteiger charge is -2.05. The van der Waals surface area contributed by atoms with Crippen LogP contribution >= 0.6 is 11.6 Å². The number of hydrogen-bond donors (Lipinski definition) is 0. The molecule has 84 valence electrons. The molecule has 0 aliphatic rings. The number of pyridine rings is 1. The fourth-order valence-corrected chi connectivity index (χ4v) is 1.38. The molecule has 0 N–H and O–H groups in total. The first-order valence-electron chi connectivity index (χ1n) is 3.95. The van der Waals surface area contributed by atoms with E-state index in [4.69, 9.17) is 16.9 Å². The molecule has 0 unspecified atom stereocenters. The van der Waals surface area contributed by atoms with E-state index in [2.05, 4.69) is 4.98 Å². The fourth-order valence-electron chi connectivity index (χ4n) is 1.09. The van der Waals surface area contributed by atoms with Gasteiger partial charge in [-0.15, -0.1) is 0 Å². The SMILES string of the molecule is N#CCc1c([N+](=O)[O-])cnc(C(F)F)c1Cl. The van der Waals surface area contributed by atoms with Crippen molar-refractivity contribution in [3.63, 3.8) is 0 Å². The van der Waals surface area contributed by atoms with Crippen LogP contribution in [0, 0.1) is 21.4 Å². The maximum Gasteiger partial charge on any atom is 0.293 e. The highest BCUT2D eigenvalue weighted by Crippen LogP contribution is 2.33. The predicted molar refractivity (Wildman–Crippen MR) is 50.2 cm³/mol. The van der Waals surface area contributed by atoms with E-state index >= 15 is 0 Å². The molecule has 8 heteroatoms. The average molecular weight is 248 g/mol. The number of aromatic nitrogens is 1. The molecule has 5 nitrogen and oxygen atoms in total. The van der Waals surface area contributed by atoms with E-state index in [1.165, 1.54) is 0 Å². The molecule has 0 fully saturated rings. The van der Waals surface area contributed by atoms with Crippen LogP contribution in [0.1, 0.15) is 17.7 Å². The quantitative estimate of drug-likeness (QED) is 0.607. The molecular formula is C8H4ClF2N3O2. The van der Waals surface area contributed by atoms with Crippen molar-refractivity contribution in [2.75, 3.05) is 0 Å². The Kier molecular flexibility index (Phi) is 3.68. The predicted octanol–water partition coefficient (Wildman–Crippen LogP) is 2.65. The van der Waals surface area contributed by atoms with Crippen molar-refractivity contribution in [3.8, 4) is 6.07 Å². The van der Waals surface area contributed by atoms with Crippen molar-refractivity contribution in [2.45, 2.75) is 12.8 Å². The van der Waals surface area contributed by atoms with E-state index in [9.17, 15) is 18.9 Å². The molecule has 0 saturated heterocycles. The number of alkyl halides is 2. The number of nitriles is 1. The van der Waals surface area contributed by atoms with Gasteiger partial charge >= 0.3 is 0 Å². The monoisotopic (exact) mass is 247 g/mol. The molecule has 0 atom stereocenters. The summed E-state index contributed by atoms with van der Waals surface area (Å²) in [6.07, 6.45) is -2.68. The maximum absolute atomic E-state index is 12.4. The highest BCUT2D eigenvalue weighted by Gasteiger charge is 2.24. The standard InChI is InChI=1S/C8H4ClF2N3O2/c9-6-4(1-2-12)5(14(15)16)3-13-7(6)8(10)11/h3,8H,1H2. The van der Waals surface area contributed by atoms with Gasteiger partial charge in [-0.05, 0) is 0 Å². The van der Waals surface area contributed by atoms with E-state index in [1.807, 2.05) is 0 Å². The number of rotatable bonds is 3. The summed E-state index contributed by atoms with van der Waals surface area (Å²) in [6, 6.07) is 1.62. The van der Waals surface area contributed by atoms with Gasteiger partial charge in [-0.3, -0.25) is 10.1 Å². The summed E-state index contributed by atoms with van der Waals surface area (Å²) in [5, 5.41) is 18.5. The third-order valence-corrected chi connectivity index (χ3v) is 2.21. The Morgan fingerprint density at radius 1 is 1.69 bits per heavy atom. The molecule has 0 bridgehead atoms. The van der Waals surface area contributed by atoms with Gasteiger partial charge in [-0.1, -0.05) is 11.6 Å². The van der Waals surface area contributed by atoms with Crippen LogP contribution in [0.4, 0.5) is 14.5 Å². The zero-order chi connectivity index (χ0) is 12.3. The number of hydrogen-bond acceptors (Lipinski definition) is 4. The second-order valence-electron chi connectivity index (χ2n) is 2.71. The molecule has 0 aliphatic carbocycles. The first-order chi connectivity index (χ1) is 7.49.